The molecule has 2 heterocycles. The number of anilines is 1. The standard InChI is InChI=1S/C14H19N5/c1-11-8-12(4-5-15)2-3-13(11)18-6-7-19-10-16-17-14(19)9-18/h2-3,8,10H,4-7,9,15H2,1H3. The van der Waals surface area contributed by atoms with Gasteiger partial charge >= 0.3 is 0 Å². The lowest BCUT2D eigenvalue weighted by Crippen LogP contribution is -2.34. The van der Waals surface area contributed by atoms with Crippen molar-refractivity contribution in [3.63, 3.8) is 0 Å². The quantitative estimate of drug-likeness (QED) is 0.894. The predicted molar refractivity (Wildman–Crippen MR) is 75.0 cm³/mol. The number of hydrogen-bond donors (Lipinski definition) is 1. The number of aromatic nitrogens is 3. The van der Waals surface area contributed by atoms with Crippen molar-refractivity contribution in [1.82, 2.24) is 14.8 Å². The van der Waals surface area contributed by atoms with Crippen molar-refractivity contribution in [3.05, 3.63) is 41.5 Å². The number of aryl methyl sites for hydroxylation is 1. The Morgan fingerprint density at radius 1 is 1.32 bits per heavy atom. The summed E-state index contributed by atoms with van der Waals surface area (Å²) in [5, 5.41) is 8.13. The average molecular weight is 257 g/mol. The first-order valence-corrected chi connectivity index (χ1v) is 6.69. The highest BCUT2D eigenvalue weighted by Gasteiger charge is 2.18. The molecule has 2 N–H and O–H groups in total. The molecule has 0 radical (unpaired) electrons. The molecule has 0 spiro atoms. The SMILES string of the molecule is Cc1cc(CCN)ccc1N1CCn2cnnc2C1. The number of hydrogen-bond acceptors (Lipinski definition) is 4. The Bertz CT molecular complexity index is 575. The summed E-state index contributed by atoms with van der Waals surface area (Å²) in [5.41, 5.74) is 9.51. The summed E-state index contributed by atoms with van der Waals surface area (Å²) < 4.78 is 2.12. The Hall–Kier alpha value is -1.88. The topological polar surface area (TPSA) is 60.0 Å². The molecule has 0 atom stereocenters. The van der Waals surface area contributed by atoms with Crippen LogP contribution in [0.15, 0.2) is 24.5 Å². The molecule has 1 aliphatic heterocycles. The van der Waals surface area contributed by atoms with Crippen molar-refractivity contribution in [2.45, 2.75) is 26.4 Å². The maximum Gasteiger partial charge on any atom is 0.152 e. The first-order chi connectivity index (χ1) is 9.28. The van der Waals surface area contributed by atoms with Crippen LogP contribution in [0.5, 0.6) is 0 Å². The second kappa shape index (κ2) is 5.01. The molecule has 0 saturated carbocycles. The molecule has 2 aromatic rings. The van der Waals surface area contributed by atoms with Crippen LogP contribution in [0.1, 0.15) is 17.0 Å². The van der Waals surface area contributed by atoms with Crippen LogP contribution in [-0.2, 0) is 19.5 Å². The van der Waals surface area contributed by atoms with Crippen LogP contribution < -0.4 is 10.6 Å². The van der Waals surface area contributed by atoms with E-state index in [9.17, 15) is 0 Å². The van der Waals surface area contributed by atoms with Crippen molar-refractivity contribution in [1.29, 1.82) is 0 Å². The van der Waals surface area contributed by atoms with Crippen LogP contribution >= 0.6 is 0 Å². The first kappa shape index (κ1) is 12.2. The molecule has 0 unspecified atom stereocenters. The van der Waals surface area contributed by atoms with Crippen LogP contribution in [0.2, 0.25) is 0 Å². The van der Waals surface area contributed by atoms with Crippen LogP contribution in [0.3, 0.4) is 0 Å². The van der Waals surface area contributed by atoms with Gasteiger partial charge in [0.1, 0.15) is 6.33 Å². The molecule has 1 aromatic carbocycles. The molecular weight excluding hydrogens is 238 g/mol. The van der Waals surface area contributed by atoms with Gasteiger partial charge in [-0.3, -0.25) is 0 Å². The number of benzene rings is 1. The van der Waals surface area contributed by atoms with Crippen molar-refractivity contribution < 1.29 is 0 Å². The van der Waals surface area contributed by atoms with E-state index in [-0.39, 0.29) is 0 Å². The summed E-state index contributed by atoms with van der Waals surface area (Å²) >= 11 is 0. The van der Waals surface area contributed by atoms with E-state index in [4.69, 9.17) is 5.73 Å². The summed E-state index contributed by atoms with van der Waals surface area (Å²) in [5.74, 6) is 1.04. The van der Waals surface area contributed by atoms with Crippen LogP contribution in [-0.4, -0.2) is 27.9 Å². The third-order valence-corrected chi connectivity index (χ3v) is 3.67. The van der Waals surface area contributed by atoms with Gasteiger partial charge in [-0.25, -0.2) is 0 Å². The highest BCUT2D eigenvalue weighted by molar-refractivity contribution is 5.54. The molecule has 3 rings (SSSR count). The Kier molecular flexibility index (Phi) is 3.21. The first-order valence-electron chi connectivity index (χ1n) is 6.69. The maximum absolute atomic E-state index is 5.60. The molecular formula is C14H19N5. The Morgan fingerprint density at radius 2 is 2.21 bits per heavy atom. The minimum absolute atomic E-state index is 0.700. The van der Waals surface area contributed by atoms with Crippen LogP contribution in [0, 0.1) is 6.92 Å². The van der Waals surface area contributed by atoms with E-state index in [2.05, 4.69) is 44.8 Å². The zero-order valence-corrected chi connectivity index (χ0v) is 11.2. The van der Waals surface area contributed by atoms with Gasteiger partial charge in [-0.2, -0.15) is 0 Å². The molecule has 0 aliphatic carbocycles. The molecule has 0 fully saturated rings. The van der Waals surface area contributed by atoms with Gasteiger partial charge in [-0.1, -0.05) is 12.1 Å². The molecule has 1 aliphatic rings. The molecule has 5 nitrogen and oxygen atoms in total. The van der Waals surface area contributed by atoms with E-state index in [1.165, 1.54) is 16.8 Å². The summed E-state index contributed by atoms with van der Waals surface area (Å²) in [6.45, 7) is 5.64. The molecule has 5 heteroatoms. The lowest BCUT2D eigenvalue weighted by Gasteiger charge is -2.30. The second-order valence-electron chi connectivity index (χ2n) is 5.02. The Balaban J connectivity index is 1.83. The fourth-order valence-electron chi connectivity index (χ4n) is 2.67. The summed E-state index contributed by atoms with van der Waals surface area (Å²) in [4.78, 5) is 2.37. The van der Waals surface area contributed by atoms with Gasteiger partial charge < -0.3 is 15.2 Å². The van der Waals surface area contributed by atoms with E-state index in [0.717, 1.165) is 31.9 Å². The van der Waals surface area contributed by atoms with Crippen LogP contribution in [0.4, 0.5) is 5.69 Å². The third-order valence-electron chi connectivity index (χ3n) is 3.67. The van der Waals surface area contributed by atoms with E-state index >= 15 is 0 Å². The lowest BCUT2D eigenvalue weighted by atomic mass is 10.1. The Morgan fingerprint density at radius 3 is 3.00 bits per heavy atom. The number of nitrogens with zero attached hydrogens (tertiary/aromatic N) is 4. The normalized spacial score (nSPS) is 14.5. The zero-order chi connectivity index (χ0) is 13.2. The fourth-order valence-corrected chi connectivity index (χ4v) is 2.67. The van der Waals surface area contributed by atoms with Gasteiger partial charge in [0.25, 0.3) is 0 Å². The summed E-state index contributed by atoms with van der Waals surface area (Å²) in [7, 11) is 0. The highest BCUT2D eigenvalue weighted by atomic mass is 15.3. The van der Waals surface area contributed by atoms with Gasteiger partial charge in [-0.15, -0.1) is 10.2 Å². The summed E-state index contributed by atoms with van der Waals surface area (Å²) in [6, 6.07) is 6.61. The van der Waals surface area contributed by atoms with Gasteiger partial charge in [0, 0.05) is 18.8 Å². The molecule has 0 saturated heterocycles. The largest absolute Gasteiger partial charge is 0.362 e. The van der Waals surface area contributed by atoms with Gasteiger partial charge in [-0.05, 0) is 37.1 Å². The van der Waals surface area contributed by atoms with Crippen molar-refractivity contribution in [2.75, 3.05) is 18.0 Å². The number of nitrogens with two attached hydrogens (primary N) is 1. The zero-order valence-electron chi connectivity index (χ0n) is 11.2. The number of fused-ring (bicyclic) bond motifs is 1. The van der Waals surface area contributed by atoms with Crippen molar-refractivity contribution >= 4 is 5.69 Å². The second-order valence-corrected chi connectivity index (χ2v) is 5.02. The maximum atomic E-state index is 5.60. The van der Waals surface area contributed by atoms with E-state index < -0.39 is 0 Å². The molecule has 19 heavy (non-hydrogen) atoms. The van der Waals surface area contributed by atoms with E-state index in [0.29, 0.717) is 6.54 Å². The molecule has 100 valence electrons. The molecule has 0 bridgehead atoms. The van der Waals surface area contributed by atoms with Crippen molar-refractivity contribution in [3.8, 4) is 0 Å². The predicted octanol–water partition coefficient (Wildman–Crippen LogP) is 1.11. The van der Waals surface area contributed by atoms with Crippen LogP contribution in [0.25, 0.3) is 0 Å². The smallest absolute Gasteiger partial charge is 0.152 e. The van der Waals surface area contributed by atoms with Gasteiger partial charge in [0.2, 0.25) is 0 Å². The third kappa shape index (κ3) is 2.33. The minimum Gasteiger partial charge on any atom is -0.362 e. The number of rotatable bonds is 3. The Labute approximate surface area is 113 Å². The fraction of sp³-hybridized carbons (Fsp3) is 0.429. The minimum atomic E-state index is 0.700. The molecule has 1 aromatic heterocycles. The van der Waals surface area contributed by atoms with Crippen molar-refractivity contribution in [2.24, 2.45) is 5.73 Å². The van der Waals surface area contributed by atoms with E-state index in [1.807, 2.05) is 6.33 Å². The summed E-state index contributed by atoms with van der Waals surface area (Å²) in [6.07, 6.45) is 2.75. The monoisotopic (exact) mass is 257 g/mol. The highest BCUT2D eigenvalue weighted by Crippen LogP contribution is 2.24. The van der Waals surface area contributed by atoms with Gasteiger partial charge in [0.05, 0.1) is 6.54 Å². The van der Waals surface area contributed by atoms with Gasteiger partial charge in [0.15, 0.2) is 5.82 Å². The lowest BCUT2D eigenvalue weighted by molar-refractivity contribution is 0.559. The average Bonchev–Trinajstić information content (AvgIpc) is 2.86. The van der Waals surface area contributed by atoms with E-state index in [1.54, 1.807) is 0 Å². The molecule has 0 amide bonds.